The normalized spacial score (nSPS) is 15.1. The van der Waals surface area contributed by atoms with E-state index in [0.29, 0.717) is 26.4 Å². The van der Waals surface area contributed by atoms with Crippen LogP contribution in [0, 0.1) is 0 Å². The Labute approximate surface area is 321 Å². The summed E-state index contributed by atoms with van der Waals surface area (Å²) in [6.45, 7) is 18.1. The van der Waals surface area contributed by atoms with Crippen LogP contribution < -0.4 is 0 Å². The Hall–Kier alpha value is -3.60. The highest BCUT2D eigenvalue weighted by Crippen LogP contribution is 2.57. The summed E-state index contributed by atoms with van der Waals surface area (Å²) in [5.74, 6) is 0. The predicted octanol–water partition coefficient (Wildman–Crippen LogP) is 13.2. The van der Waals surface area contributed by atoms with Crippen molar-refractivity contribution < 1.29 is 27.2 Å². The van der Waals surface area contributed by atoms with E-state index in [1.165, 1.54) is 44.5 Å². The van der Waals surface area contributed by atoms with Crippen molar-refractivity contribution in [3.63, 3.8) is 0 Å². The van der Waals surface area contributed by atoms with E-state index in [4.69, 9.17) is 18.1 Å². The van der Waals surface area contributed by atoms with Gasteiger partial charge >= 0.3 is 15.2 Å². The summed E-state index contributed by atoms with van der Waals surface area (Å²) < 4.78 is 48.3. The second-order valence-electron chi connectivity index (χ2n) is 15.3. The van der Waals surface area contributed by atoms with Crippen LogP contribution in [-0.4, -0.2) is 26.4 Å². The maximum Gasteiger partial charge on any atom is 0.335 e. The van der Waals surface area contributed by atoms with Crippen LogP contribution >= 0.6 is 15.2 Å². The summed E-state index contributed by atoms with van der Waals surface area (Å²) in [7, 11) is -6.34. The summed E-state index contributed by atoms with van der Waals surface area (Å²) in [6.07, 6.45) is 0.519. The van der Waals surface area contributed by atoms with Crippen LogP contribution in [0.1, 0.15) is 88.8 Å². The minimum atomic E-state index is -3.17. The van der Waals surface area contributed by atoms with Crippen LogP contribution in [0.15, 0.2) is 97.1 Å². The minimum absolute atomic E-state index is 0.180. The first-order valence-electron chi connectivity index (χ1n) is 19.2. The van der Waals surface area contributed by atoms with E-state index in [1.54, 1.807) is 0 Å². The van der Waals surface area contributed by atoms with E-state index in [-0.39, 0.29) is 23.2 Å². The third-order valence-corrected chi connectivity index (χ3v) is 15.2. The van der Waals surface area contributed by atoms with Gasteiger partial charge < -0.3 is 18.1 Å². The highest BCUT2D eigenvalue weighted by Gasteiger charge is 2.42. The molecule has 0 aromatic heterocycles. The van der Waals surface area contributed by atoms with E-state index in [2.05, 4.69) is 100 Å². The number of hydrogen-bond acceptors (Lipinski definition) is 6. The Bertz CT molecular complexity index is 2110. The third kappa shape index (κ3) is 7.03. The van der Waals surface area contributed by atoms with Crippen molar-refractivity contribution in [3.05, 3.63) is 130 Å². The van der Waals surface area contributed by atoms with Gasteiger partial charge in [-0.3, -0.25) is 9.13 Å². The molecule has 6 nitrogen and oxygen atoms in total. The standard InChI is InChI=1S/C46H52O6P2/c1-9-49-53(47,50-10-2)29-31-13-17-33(18-14-31)35-21-23-37-39-27-44-40(28-43(39)45(5,6)41(37)25-35)38-24-22-36(26-42(38)46(44,7)8)34-19-15-32(16-20-34)30-54(48,51-11-3)52-12-4/h13-28H,9-12,29-30H2,1-8H3. The second-order valence-corrected chi connectivity index (χ2v) is 19.4. The van der Waals surface area contributed by atoms with E-state index < -0.39 is 15.2 Å². The molecular weight excluding hydrogens is 710 g/mol. The zero-order valence-corrected chi connectivity index (χ0v) is 34.6. The quantitative estimate of drug-likeness (QED) is 0.105. The maximum atomic E-state index is 13.1. The van der Waals surface area contributed by atoms with Gasteiger partial charge in [0.2, 0.25) is 0 Å². The molecule has 0 saturated heterocycles. The lowest BCUT2D eigenvalue weighted by Crippen LogP contribution is -2.17. The van der Waals surface area contributed by atoms with Crippen LogP contribution in [0.3, 0.4) is 0 Å². The number of benzene rings is 5. The van der Waals surface area contributed by atoms with Gasteiger partial charge in [-0.15, -0.1) is 0 Å². The smallest absolute Gasteiger partial charge is 0.309 e. The first kappa shape index (κ1) is 38.7. The van der Waals surface area contributed by atoms with Gasteiger partial charge in [-0.25, -0.2) is 0 Å². The van der Waals surface area contributed by atoms with Crippen LogP contribution in [-0.2, 0) is 50.4 Å². The molecule has 0 fully saturated rings. The molecule has 0 unspecified atom stereocenters. The fraction of sp³-hybridized carbons (Fsp3) is 0.348. The molecule has 5 aromatic carbocycles. The number of hydrogen-bond donors (Lipinski definition) is 0. The van der Waals surface area contributed by atoms with Gasteiger partial charge in [0.15, 0.2) is 0 Å². The Morgan fingerprint density at radius 2 is 0.704 bits per heavy atom. The summed E-state index contributed by atoms with van der Waals surface area (Å²) in [5.41, 5.74) is 16.6. The zero-order chi connectivity index (χ0) is 38.5. The third-order valence-electron chi connectivity index (χ3n) is 11.1. The van der Waals surface area contributed by atoms with Crippen LogP contribution in [0.2, 0.25) is 0 Å². The molecule has 0 spiro atoms. The Morgan fingerprint density at radius 1 is 0.407 bits per heavy atom. The van der Waals surface area contributed by atoms with Crippen molar-refractivity contribution in [3.8, 4) is 44.5 Å². The molecule has 5 aromatic rings. The lowest BCUT2D eigenvalue weighted by molar-refractivity contribution is 0.218. The molecule has 0 atom stereocenters. The van der Waals surface area contributed by atoms with E-state index in [0.717, 1.165) is 33.4 Å². The van der Waals surface area contributed by atoms with Crippen LogP contribution in [0.5, 0.6) is 0 Å². The topological polar surface area (TPSA) is 71.1 Å². The summed E-state index contributed by atoms with van der Waals surface area (Å²) in [4.78, 5) is 0. The van der Waals surface area contributed by atoms with Crippen molar-refractivity contribution in [2.45, 2.75) is 78.5 Å². The molecule has 8 heteroatoms. The molecule has 0 N–H and O–H groups in total. The molecule has 2 aliphatic rings. The summed E-state index contributed by atoms with van der Waals surface area (Å²) >= 11 is 0. The summed E-state index contributed by atoms with van der Waals surface area (Å²) in [5, 5.41) is 0. The molecule has 0 amide bonds. The average molecular weight is 763 g/mol. The summed E-state index contributed by atoms with van der Waals surface area (Å²) in [6, 6.07) is 35.2. The first-order chi connectivity index (χ1) is 25.8. The number of fused-ring (bicyclic) bond motifs is 6. The molecule has 282 valence electrons. The highest BCUT2D eigenvalue weighted by atomic mass is 31.2. The van der Waals surface area contributed by atoms with Gasteiger partial charge in [0.1, 0.15) is 0 Å². The lowest BCUT2D eigenvalue weighted by atomic mass is 9.79. The van der Waals surface area contributed by atoms with Crippen molar-refractivity contribution in [1.82, 2.24) is 0 Å². The minimum Gasteiger partial charge on any atom is -0.309 e. The average Bonchev–Trinajstić information content (AvgIpc) is 3.50. The van der Waals surface area contributed by atoms with Crippen LogP contribution in [0.25, 0.3) is 44.5 Å². The molecule has 2 aliphatic carbocycles. The largest absolute Gasteiger partial charge is 0.335 e. The molecule has 0 radical (unpaired) electrons. The van der Waals surface area contributed by atoms with E-state index in [9.17, 15) is 9.13 Å². The van der Waals surface area contributed by atoms with Crippen molar-refractivity contribution >= 4 is 15.2 Å². The Kier molecular flexibility index (Phi) is 10.6. The lowest BCUT2D eigenvalue weighted by Gasteiger charge is -2.24. The molecular formula is C46H52O6P2. The van der Waals surface area contributed by atoms with Crippen LogP contribution in [0.4, 0.5) is 0 Å². The maximum absolute atomic E-state index is 13.1. The number of rotatable bonds is 14. The molecule has 0 saturated carbocycles. The van der Waals surface area contributed by atoms with E-state index in [1.807, 2.05) is 52.0 Å². The monoisotopic (exact) mass is 762 g/mol. The Balaban J connectivity index is 1.16. The molecule has 0 aliphatic heterocycles. The van der Waals surface area contributed by atoms with Crippen molar-refractivity contribution in [1.29, 1.82) is 0 Å². The molecule has 0 heterocycles. The fourth-order valence-corrected chi connectivity index (χ4v) is 11.8. The van der Waals surface area contributed by atoms with Gasteiger partial charge in [0, 0.05) is 10.8 Å². The second kappa shape index (κ2) is 14.8. The van der Waals surface area contributed by atoms with Gasteiger partial charge in [-0.05, 0) is 130 Å². The first-order valence-corrected chi connectivity index (χ1v) is 22.6. The van der Waals surface area contributed by atoms with Crippen molar-refractivity contribution in [2.24, 2.45) is 0 Å². The van der Waals surface area contributed by atoms with Gasteiger partial charge in [-0.2, -0.15) is 0 Å². The SMILES string of the molecule is CCOP(=O)(Cc1ccc(-c2ccc3c(c2)C(C)(C)c2cc4c(cc2-3)C(C)(C)c2cc(-c3ccc(CP(=O)(OCC)OCC)cc3)ccc2-4)cc1)OCC. The van der Waals surface area contributed by atoms with Gasteiger partial charge in [0.25, 0.3) is 0 Å². The van der Waals surface area contributed by atoms with Crippen molar-refractivity contribution in [2.75, 3.05) is 26.4 Å². The van der Waals surface area contributed by atoms with Gasteiger partial charge in [-0.1, -0.05) is 100 Å². The molecule has 0 bridgehead atoms. The van der Waals surface area contributed by atoms with E-state index >= 15 is 0 Å². The zero-order valence-electron chi connectivity index (χ0n) is 32.8. The molecule has 54 heavy (non-hydrogen) atoms. The van der Waals surface area contributed by atoms with Gasteiger partial charge in [0.05, 0.1) is 38.8 Å². The molecule has 7 rings (SSSR count). The fourth-order valence-electron chi connectivity index (χ4n) is 8.42. The highest BCUT2D eigenvalue weighted by molar-refractivity contribution is 7.53. The Morgan fingerprint density at radius 3 is 1.02 bits per heavy atom. The predicted molar refractivity (Wildman–Crippen MR) is 222 cm³/mol.